The number of alkyl carbamates (subject to hydrolysis) is 1. The highest BCUT2D eigenvalue weighted by Gasteiger charge is 2.37. The van der Waals surface area contributed by atoms with Crippen molar-refractivity contribution in [1.82, 2.24) is 15.5 Å². The van der Waals surface area contributed by atoms with Crippen molar-refractivity contribution in [2.75, 3.05) is 13.1 Å². The number of carbonyl (C=O) groups is 4. The van der Waals surface area contributed by atoms with Crippen molar-refractivity contribution in [3.63, 3.8) is 0 Å². The molecular formula is C30H50N4O5. The first-order valence-corrected chi connectivity index (χ1v) is 14.2. The molecule has 9 nitrogen and oxygen atoms in total. The summed E-state index contributed by atoms with van der Waals surface area (Å²) in [7, 11) is 0. The number of nitrogens with zero attached hydrogens (tertiary/aromatic N) is 1. The minimum Gasteiger partial charge on any atom is -0.444 e. The third kappa shape index (κ3) is 12.1. The Bertz CT molecular complexity index is 937. The molecule has 39 heavy (non-hydrogen) atoms. The molecule has 4 amide bonds. The van der Waals surface area contributed by atoms with E-state index in [4.69, 9.17) is 10.5 Å². The molecule has 1 aromatic carbocycles. The molecule has 0 fully saturated rings. The number of amides is 4. The van der Waals surface area contributed by atoms with Crippen molar-refractivity contribution in [3.05, 3.63) is 34.9 Å². The van der Waals surface area contributed by atoms with Crippen LogP contribution in [0.5, 0.6) is 0 Å². The molecule has 9 heteroatoms. The van der Waals surface area contributed by atoms with Crippen LogP contribution in [0.1, 0.15) is 109 Å². The zero-order chi connectivity index (χ0) is 29.6. The van der Waals surface area contributed by atoms with Crippen molar-refractivity contribution in [3.8, 4) is 0 Å². The molecule has 0 aliphatic heterocycles. The van der Waals surface area contributed by atoms with E-state index in [1.54, 1.807) is 20.8 Å². The molecule has 0 heterocycles. The number of primary amides is 1. The Kier molecular flexibility index (Phi) is 14.6. The number of nitrogens with two attached hydrogens (primary N) is 1. The molecule has 0 aromatic heterocycles. The van der Waals surface area contributed by atoms with Crippen molar-refractivity contribution < 1.29 is 23.9 Å². The average Bonchev–Trinajstić information content (AvgIpc) is 2.82. The van der Waals surface area contributed by atoms with Crippen LogP contribution in [0.3, 0.4) is 0 Å². The first kappa shape index (κ1) is 33.9. The summed E-state index contributed by atoms with van der Waals surface area (Å²) in [4.78, 5) is 54.0. The summed E-state index contributed by atoms with van der Waals surface area (Å²) < 4.78 is 5.35. The highest BCUT2D eigenvalue weighted by atomic mass is 16.6. The van der Waals surface area contributed by atoms with Crippen LogP contribution >= 0.6 is 0 Å². The second kappa shape index (κ2) is 16.8. The molecule has 0 aliphatic carbocycles. The third-order valence-electron chi connectivity index (χ3n) is 6.39. The van der Waals surface area contributed by atoms with Gasteiger partial charge in [0.05, 0.1) is 6.42 Å². The van der Waals surface area contributed by atoms with Gasteiger partial charge in [0.25, 0.3) is 0 Å². The van der Waals surface area contributed by atoms with Gasteiger partial charge in [0.15, 0.2) is 0 Å². The minimum atomic E-state index is -1.27. The van der Waals surface area contributed by atoms with Crippen LogP contribution < -0.4 is 16.4 Å². The largest absolute Gasteiger partial charge is 0.444 e. The van der Waals surface area contributed by atoms with E-state index < -0.39 is 42.0 Å². The average molecular weight is 547 g/mol. The standard InChI is InChI=1S/C30H50N4O5/c1-8-10-12-13-14-19-34(28(37)23(20-24(31)35)33-29(38)39-30(5,6)7)26(27(36)32-18-11-9-2)25-21(3)16-15-17-22(25)4/h15-17,23,26H,8-14,18-20H2,1-7H3,(H2,31,35)(H,32,36)(H,33,38). The molecule has 0 bridgehead atoms. The van der Waals surface area contributed by atoms with Gasteiger partial charge >= 0.3 is 6.09 Å². The lowest BCUT2D eigenvalue weighted by Gasteiger charge is -2.35. The van der Waals surface area contributed by atoms with Crippen LogP contribution in [-0.4, -0.2) is 53.4 Å². The number of carbonyl (C=O) groups excluding carboxylic acids is 4. The fraction of sp³-hybridized carbons (Fsp3) is 0.667. The van der Waals surface area contributed by atoms with Crippen molar-refractivity contribution >= 4 is 23.8 Å². The van der Waals surface area contributed by atoms with E-state index in [1.807, 2.05) is 39.0 Å². The highest BCUT2D eigenvalue weighted by Crippen LogP contribution is 2.29. The second-order valence-corrected chi connectivity index (χ2v) is 11.2. The Morgan fingerprint density at radius 2 is 1.54 bits per heavy atom. The molecule has 0 aliphatic rings. The van der Waals surface area contributed by atoms with Gasteiger partial charge in [0, 0.05) is 13.1 Å². The monoisotopic (exact) mass is 546 g/mol. The van der Waals surface area contributed by atoms with E-state index >= 15 is 0 Å². The quantitative estimate of drug-likeness (QED) is 0.256. The maximum atomic E-state index is 14.1. The number of unbranched alkanes of at least 4 members (excludes halogenated alkanes) is 5. The molecule has 0 spiro atoms. The van der Waals surface area contributed by atoms with Gasteiger partial charge in [-0.15, -0.1) is 0 Å². The fourth-order valence-electron chi connectivity index (χ4n) is 4.48. The minimum absolute atomic E-state index is 0.285. The van der Waals surface area contributed by atoms with Crippen LogP contribution in [0.4, 0.5) is 4.79 Å². The van der Waals surface area contributed by atoms with Gasteiger partial charge in [0.1, 0.15) is 17.7 Å². The summed E-state index contributed by atoms with van der Waals surface area (Å²) in [5, 5.41) is 5.54. The van der Waals surface area contributed by atoms with Gasteiger partial charge < -0.3 is 26.0 Å². The van der Waals surface area contributed by atoms with E-state index in [1.165, 1.54) is 4.90 Å². The van der Waals surface area contributed by atoms with Crippen LogP contribution in [0.2, 0.25) is 0 Å². The molecule has 0 saturated carbocycles. The molecule has 4 N–H and O–H groups in total. The smallest absolute Gasteiger partial charge is 0.408 e. The molecule has 2 unspecified atom stereocenters. The predicted octanol–water partition coefficient (Wildman–Crippen LogP) is 4.83. The number of aryl methyl sites for hydroxylation is 2. The molecular weight excluding hydrogens is 496 g/mol. The maximum absolute atomic E-state index is 14.1. The Labute approximate surface area is 234 Å². The lowest BCUT2D eigenvalue weighted by Crippen LogP contribution is -2.54. The zero-order valence-corrected chi connectivity index (χ0v) is 25.0. The molecule has 2 atom stereocenters. The van der Waals surface area contributed by atoms with E-state index in [0.29, 0.717) is 13.0 Å². The predicted molar refractivity (Wildman–Crippen MR) is 154 cm³/mol. The molecule has 0 saturated heterocycles. The molecule has 0 radical (unpaired) electrons. The number of ether oxygens (including phenoxy) is 1. The van der Waals surface area contributed by atoms with Gasteiger partial charge in [-0.05, 0) is 64.2 Å². The lowest BCUT2D eigenvalue weighted by molar-refractivity contribution is -0.143. The van der Waals surface area contributed by atoms with Gasteiger partial charge in [-0.2, -0.15) is 0 Å². The first-order valence-electron chi connectivity index (χ1n) is 14.2. The summed E-state index contributed by atoms with van der Waals surface area (Å²) in [6, 6.07) is 3.54. The van der Waals surface area contributed by atoms with Crippen LogP contribution in [0.25, 0.3) is 0 Å². The summed E-state index contributed by atoms with van der Waals surface area (Å²) in [6.45, 7) is 13.9. The normalized spacial score (nSPS) is 12.8. The van der Waals surface area contributed by atoms with Crippen LogP contribution in [0.15, 0.2) is 18.2 Å². The maximum Gasteiger partial charge on any atom is 0.408 e. The van der Waals surface area contributed by atoms with Gasteiger partial charge in [-0.25, -0.2) is 4.79 Å². The summed E-state index contributed by atoms with van der Waals surface area (Å²) >= 11 is 0. The van der Waals surface area contributed by atoms with Crippen LogP contribution in [0, 0.1) is 13.8 Å². The Balaban J connectivity index is 3.54. The number of hydrogen-bond acceptors (Lipinski definition) is 5. The fourth-order valence-corrected chi connectivity index (χ4v) is 4.48. The van der Waals surface area contributed by atoms with E-state index in [9.17, 15) is 19.2 Å². The highest BCUT2D eigenvalue weighted by molar-refractivity contribution is 5.94. The number of benzene rings is 1. The molecule has 1 aromatic rings. The Morgan fingerprint density at radius 1 is 0.949 bits per heavy atom. The van der Waals surface area contributed by atoms with Gasteiger partial charge in [-0.1, -0.05) is 64.2 Å². The summed E-state index contributed by atoms with van der Waals surface area (Å²) in [5.41, 5.74) is 7.17. The number of rotatable bonds is 16. The first-order chi connectivity index (χ1) is 18.3. The van der Waals surface area contributed by atoms with Crippen LogP contribution in [-0.2, 0) is 19.1 Å². The third-order valence-corrected chi connectivity index (χ3v) is 6.39. The van der Waals surface area contributed by atoms with Crippen molar-refractivity contribution in [2.24, 2.45) is 5.73 Å². The second-order valence-electron chi connectivity index (χ2n) is 11.2. The molecule has 220 valence electrons. The number of nitrogens with one attached hydrogen (secondary N) is 2. The topological polar surface area (TPSA) is 131 Å². The molecule has 1 rings (SSSR count). The lowest BCUT2D eigenvalue weighted by atomic mass is 9.93. The summed E-state index contributed by atoms with van der Waals surface area (Å²) in [5.74, 6) is -1.59. The van der Waals surface area contributed by atoms with E-state index in [0.717, 1.165) is 55.2 Å². The van der Waals surface area contributed by atoms with E-state index in [-0.39, 0.29) is 12.5 Å². The Morgan fingerprint density at radius 3 is 2.08 bits per heavy atom. The Hall–Kier alpha value is -3.10. The van der Waals surface area contributed by atoms with Crippen molar-refractivity contribution in [2.45, 2.75) is 118 Å². The van der Waals surface area contributed by atoms with E-state index in [2.05, 4.69) is 17.6 Å². The van der Waals surface area contributed by atoms with Gasteiger partial charge in [-0.3, -0.25) is 14.4 Å². The van der Waals surface area contributed by atoms with Gasteiger partial charge in [0.2, 0.25) is 17.7 Å². The van der Waals surface area contributed by atoms with Crippen molar-refractivity contribution in [1.29, 1.82) is 0 Å². The SMILES string of the molecule is CCCCCCCN(C(=O)C(CC(N)=O)NC(=O)OC(C)(C)C)C(C(=O)NCCCC)c1c(C)cccc1C. The number of hydrogen-bond donors (Lipinski definition) is 3. The zero-order valence-electron chi connectivity index (χ0n) is 25.0. The summed E-state index contributed by atoms with van der Waals surface area (Å²) in [6.07, 6.45) is 5.19.